The van der Waals surface area contributed by atoms with Crippen LogP contribution in [0, 0.1) is 0 Å². The van der Waals surface area contributed by atoms with E-state index in [1.54, 1.807) is 17.6 Å². The Hall–Kier alpha value is -4.58. The molecule has 3 aliphatic rings. The van der Waals surface area contributed by atoms with Crippen molar-refractivity contribution in [2.45, 2.75) is 58.3 Å². The van der Waals surface area contributed by atoms with Gasteiger partial charge >= 0.3 is 11.9 Å². The summed E-state index contributed by atoms with van der Waals surface area (Å²) in [5.41, 5.74) is 8.39. The van der Waals surface area contributed by atoms with Crippen molar-refractivity contribution in [2.24, 2.45) is 10.7 Å². The summed E-state index contributed by atoms with van der Waals surface area (Å²) in [6.07, 6.45) is 5.03. The van der Waals surface area contributed by atoms with Crippen LogP contribution in [-0.4, -0.2) is 65.3 Å². The number of pyridine rings is 2. The molecule has 1 atom stereocenters. The number of carbonyl (C=O) groups is 3. The van der Waals surface area contributed by atoms with E-state index in [0.29, 0.717) is 17.9 Å². The summed E-state index contributed by atoms with van der Waals surface area (Å²) in [6.45, 7) is 3.98. The number of hydrogen-bond acceptors (Lipinski definition) is 10. The second-order valence-corrected chi connectivity index (χ2v) is 11.1. The van der Waals surface area contributed by atoms with Gasteiger partial charge in [0, 0.05) is 24.7 Å². The highest BCUT2D eigenvalue weighted by Crippen LogP contribution is 2.47. The lowest BCUT2D eigenvalue weighted by molar-refractivity contribution is -0.190. The van der Waals surface area contributed by atoms with Gasteiger partial charge in [-0.15, -0.1) is 0 Å². The fourth-order valence-corrected chi connectivity index (χ4v) is 6.23. The van der Waals surface area contributed by atoms with Gasteiger partial charge in [-0.3, -0.25) is 14.4 Å². The number of cyclic esters (lactones) is 1. The lowest BCUT2D eigenvalue weighted by Crippen LogP contribution is -2.49. The van der Waals surface area contributed by atoms with Gasteiger partial charge in [-0.1, -0.05) is 32.8 Å². The second kappa shape index (κ2) is 10.9. The van der Waals surface area contributed by atoms with E-state index in [4.69, 9.17) is 20.2 Å². The number of likely N-dealkylation sites (N-methyl/N-ethyl adjacent to an activating group) is 1. The Morgan fingerprint density at radius 3 is 2.74 bits per heavy atom. The van der Waals surface area contributed by atoms with Crippen molar-refractivity contribution in [1.82, 2.24) is 14.5 Å². The molecule has 0 fully saturated rings. The molecule has 0 unspecified atom stereocenters. The Bertz CT molecular complexity index is 1760. The van der Waals surface area contributed by atoms with Crippen LogP contribution in [0.5, 0.6) is 0 Å². The zero-order valence-corrected chi connectivity index (χ0v) is 24.5. The van der Waals surface area contributed by atoms with Gasteiger partial charge in [-0.2, -0.15) is 0 Å². The molecule has 0 aliphatic carbocycles. The zero-order chi connectivity index (χ0) is 30.5. The lowest BCUT2D eigenvalue weighted by Gasteiger charge is -2.36. The molecule has 6 rings (SSSR count). The van der Waals surface area contributed by atoms with E-state index in [9.17, 15) is 19.2 Å². The Labute approximate surface area is 248 Å². The van der Waals surface area contributed by atoms with Gasteiger partial charge in [-0.05, 0) is 31.0 Å². The van der Waals surface area contributed by atoms with E-state index in [0.717, 1.165) is 58.5 Å². The number of hydrogen-bond donors (Lipinski definition) is 1. The number of aromatic nitrogens is 2. The molecule has 0 bridgehead atoms. The van der Waals surface area contributed by atoms with E-state index in [1.165, 1.54) is 7.05 Å². The average molecular weight is 587 g/mol. The van der Waals surface area contributed by atoms with E-state index in [1.807, 2.05) is 24.5 Å². The predicted octanol–water partition coefficient (Wildman–Crippen LogP) is 2.72. The Kier molecular flexibility index (Phi) is 7.25. The smallest absolute Gasteiger partial charge is 0.355 e. The lowest BCUT2D eigenvalue weighted by atomic mass is 9.85. The third-order valence-corrected chi connectivity index (χ3v) is 8.51. The van der Waals surface area contributed by atoms with E-state index < -0.39 is 30.0 Å². The maximum Gasteiger partial charge on any atom is 0.355 e. The number of unbranched alkanes of at least 4 members (excludes halogenated alkanes) is 2. The molecule has 1 aromatic carbocycles. The van der Waals surface area contributed by atoms with Gasteiger partial charge in [0.1, 0.15) is 13.2 Å². The van der Waals surface area contributed by atoms with Crippen molar-refractivity contribution < 1.29 is 23.9 Å². The standard InChI is InChI=1S/C31H34N6O6/c1-4-6-7-11-36-17-33-21-9-8-10-22-26(21)28(36)18-14-37-23(27(18)34-22)12-20-19(29(37)40)16-42-30(41)31(20,5-2)43-25(39)15-35(3)24(38)13-32/h8-10,12,17H,4-7,11,13-16,32H2,1-3H3/t31-/m0/s1. The number of amides is 1. The van der Waals surface area contributed by atoms with Gasteiger partial charge in [-0.25, -0.2) is 14.8 Å². The van der Waals surface area contributed by atoms with Crippen LogP contribution in [-0.2, 0) is 42.6 Å². The number of nitrogens with two attached hydrogens (primary N) is 1. The highest BCUT2D eigenvalue weighted by atomic mass is 16.6. The maximum atomic E-state index is 14.0. The first-order valence-corrected chi connectivity index (χ1v) is 14.6. The minimum absolute atomic E-state index is 0.0241. The Morgan fingerprint density at radius 1 is 1.19 bits per heavy atom. The van der Waals surface area contributed by atoms with Gasteiger partial charge in [0.05, 0.1) is 58.7 Å². The fourth-order valence-electron chi connectivity index (χ4n) is 6.23. The molecule has 3 aliphatic heterocycles. The van der Waals surface area contributed by atoms with Crippen LogP contribution in [0.25, 0.3) is 22.3 Å². The van der Waals surface area contributed by atoms with E-state index >= 15 is 0 Å². The molecule has 2 aromatic heterocycles. The number of aliphatic imine (C=N–C) groups is 1. The van der Waals surface area contributed by atoms with Gasteiger partial charge < -0.3 is 29.6 Å². The van der Waals surface area contributed by atoms with Crippen LogP contribution >= 0.6 is 0 Å². The van der Waals surface area contributed by atoms with Crippen LogP contribution in [0.1, 0.15) is 56.2 Å². The molecular formula is C31H34N6O6. The van der Waals surface area contributed by atoms with E-state index in [-0.39, 0.29) is 36.3 Å². The second-order valence-electron chi connectivity index (χ2n) is 11.1. The third kappa shape index (κ3) is 4.48. The van der Waals surface area contributed by atoms with Crippen molar-refractivity contribution >= 4 is 46.5 Å². The molecule has 5 heterocycles. The highest BCUT2D eigenvalue weighted by Gasteiger charge is 2.50. The van der Waals surface area contributed by atoms with Gasteiger partial charge in [0.2, 0.25) is 11.5 Å². The molecule has 3 aromatic rings. The predicted molar refractivity (Wildman–Crippen MR) is 160 cm³/mol. The van der Waals surface area contributed by atoms with E-state index in [2.05, 4.69) is 16.8 Å². The number of benzene rings is 1. The number of fused-ring (bicyclic) bond motifs is 5. The first-order valence-electron chi connectivity index (χ1n) is 14.6. The largest absolute Gasteiger partial charge is 0.457 e. The summed E-state index contributed by atoms with van der Waals surface area (Å²) in [6, 6.07) is 7.53. The minimum atomic E-state index is -1.86. The molecule has 0 spiro atoms. The number of anilines is 1. The number of ether oxygens (including phenoxy) is 2. The molecule has 12 heteroatoms. The summed E-state index contributed by atoms with van der Waals surface area (Å²) in [4.78, 5) is 65.3. The number of nitrogens with zero attached hydrogens (tertiary/aromatic N) is 5. The van der Waals surface area contributed by atoms with Crippen LogP contribution in [0.3, 0.4) is 0 Å². The van der Waals surface area contributed by atoms with Crippen LogP contribution in [0.2, 0.25) is 0 Å². The highest BCUT2D eigenvalue weighted by molar-refractivity contribution is 6.11. The number of carbonyl (C=O) groups excluding carboxylic acids is 3. The summed E-state index contributed by atoms with van der Waals surface area (Å²) in [5, 5.41) is 0.942. The number of rotatable bonds is 9. The van der Waals surface area contributed by atoms with Crippen molar-refractivity contribution in [1.29, 1.82) is 0 Å². The maximum absolute atomic E-state index is 14.0. The molecule has 0 radical (unpaired) electrons. The summed E-state index contributed by atoms with van der Waals surface area (Å²) >= 11 is 0. The van der Waals surface area contributed by atoms with Crippen molar-refractivity contribution in [3.05, 3.63) is 51.3 Å². The van der Waals surface area contributed by atoms with Gasteiger partial charge in [0.25, 0.3) is 5.56 Å². The minimum Gasteiger partial charge on any atom is -0.457 e. The van der Waals surface area contributed by atoms with Crippen LogP contribution < -0.4 is 16.2 Å². The topological polar surface area (TPSA) is 149 Å². The monoisotopic (exact) mass is 586 g/mol. The number of esters is 2. The molecule has 12 nitrogen and oxygen atoms in total. The molecule has 0 saturated carbocycles. The first kappa shape index (κ1) is 28.5. The average Bonchev–Trinajstić information content (AvgIpc) is 3.38. The SMILES string of the molecule is CCCCCN1C=Nc2cccc3nc4c(c1c23)Cn1c-4cc2c(c1=O)COC(=O)[C@@]2(CC)OC(=O)CN(C)C(=O)CN. The quantitative estimate of drug-likeness (QED) is 0.231. The van der Waals surface area contributed by atoms with Crippen molar-refractivity contribution in [3.63, 3.8) is 0 Å². The Morgan fingerprint density at radius 2 is 2.00 bits per heavy atom. The fraction of sp³-hybridized carbons (Fsp3) is 0.419. The van der Waals surface area contributed by atoms with Gasteiger partial charge in [0.15, 0.2) is 0 Å². The molecule has 0 saturated heterocycles. The van der Waals surface area contributed by atoms with Crippen LogP contribution in [0.4, 0.5) is 11.4 Å². The summed E-state index contributed by atoms with van der Waals surface area (Å²) in [5.74, 6) is -2.04. The molecule has 43 heavy (non-hydrogen) atoms. The molecule has 224 valence electrons. The van der Waals surface area contributed by atoms with Crippen molar-refractivity contribution in [2.75, 3.05) is 31.6 Å². The Balaban J connectivity index is 1.49. The molecule has 1 amide bonds. The third-order valence-electron chi connectivity index (χ3n) is 8.51. The normalized spacial score (nSPS) is 17.8. The van der Waals surface area contributed by atoms with Crippen LogP contribution in [0.15, 0.2) is 34.1 Å². The zero-order valence-electron chi connectivity index (χ0n) is 24.5. The summed E-state index contributed by atoms with van der Waals surface area (Å²) < 4.78 is 12.9. The first-order chi connectivity index (χ1) is 20.7. The molecule has 2 N–H and O–H groups in total. The summed E-state index contributed by atoms with van der Waals surface area (Å²) in [7, 11) is 1.42. The van der Waals surface area contributed by atoms with Crippen molar-refractivity contribution in [3.8, 4) is 11.4 Å². The molecular weight excluding hydrogens is 552 g/mol.